The van der Waals surface area contributed by atoms with E-state index in [0.29, 0.717) is 0 Å². The first-order valence-corrected chi connectivity index (χ1v) is 9.02. The van der Waals surface area contributed by atoms with Gasteiger partial charge >= 0.3 is 0 Å². The first kappa shape index (κ1) is 15.0. The number of hydrogen-bond donors (Lipinski definition) is 1. The molecule has 2 aliphatic carbocycles. The van der Waals surface area contributed by atoms with Crippen LogP contribution < -0.4 is 9.64 Å². The number of hydrogen-bond acceptors (Lipinski definition) is 2. The number of carbonyl (C=O) groups is 1. The molecule has 3 atom stereocenters. The molecule has 0 spiro atoms. The van der Waals surface area contributed by atoms with Crippen molar-refractivity contribution in [2.75, 3.05) is 33.3 Å². The molecular formula is C19H27N2O2+. The Morgan fingerprint density at radius 3 is 2.43 bits per heavy atom. The van der Waals surface area contributed by atoms with E-state index in [9.17, 15) is 4.79 Å². The average molecular weight is 315 g/mol. The zero-order chi connectivity index (χ0) is 15.8. The minimum Gasteiger partial charge on any atom is -0.497 e. The van der Waals surface area contributed by atoms with E-state index in [0.717, 1.165) is 55.4 Å². The van der Waals surface area contributed by atoms with Gasteiger partial charge in [-0.1, -0.05) is 0 Å². The summed E-state index contributed by atoms with van der Waals surface area (Å²) in [7, 11) is 1.65. The fourth-order valence-corrected chi connectivity index (χ4v) is 5.03. The molecule has 1 saturated heterocycles. The zero-order valence-corrected chi connectivity index (χ0v) is 14.0. The second kappa shape index (κ2) is 6.16. The van der Waals surface area contributed by atoms with Crippen LogP contribution in [0.5, 0.6) is 5.75 Å². The number of carbonyl (C=O) groups excluding carboxylic acids is 1. The van der Waals surface area contributed by atoms with E-state index in [-0.39, 0.29) is 5.91 Å². The van der Waals surface area contributed by atoms with Crippen LogP contribution in [0.3, 0.4) is 0 Å². The van der Waals surface area contributed by atoms with E-state index in [4.69, 9.17) is 4.74 Å². The SMILES string of the molecule is COc1ccc(C(=O)N2CC[NH+]([C@@H]3C[C@H]4CC[C@@H]3C4)CC2)cc1. The Kier molecular flexibility index (Phi) is 4.02. The van der Waals surface area contributed by atoms with Gasteiger partial charge in [-0.15, -0.1) is 0 Å². The number of nitrogens with one attached hydrogen (secondary N) is 1. The van der Waals surface area contributed by atoms with Crippen LogP contribution >= 0.6 is 0 Å². The number of nitrogens with zero attached hydrogens (tertiary/aromatic N) is 1. The van der Waals surface area contributed by atoms with Crippen LogP contribution in [0.25, 0.3) is 0 Å². The first-order chi connectivity index (χ1) is 11.2. The monoisotopic (exact) mass is 315 g/mol. The summed E-state index contributed by atoms with van der Waals surface area (Å²) in [6.07, 6.45) is 5.83. The molecule has 4 nitrogen and oxygen atoms in total. The van der Waals surface area contributed by atoms with Crippen LogP contribution in [0.2, 0.25) is 0 Å². The predicted octanol–water partition coefficient (Wildman–Crippen LogP) is 1.22. The van der Waals surface area contributed by atoms with Crippen molar-refractivity contribution in [1.82, 2.24) is 4.90 Å². The number of ether oxygens (including phenoxy) is 1. The second-order valence-electron chi connectivity index (χ2n) is 7.46. The maximum Gasteiger partial charge on any atom is 0.254 e. The number of fused-ring (bicyclic) bond motifs is 2. The second-order valence-corrected chi connectivity index (χ2v) is 7.46. The van der Waals surface area contributed by atoms with Crippen LogP contribution in [0.4, 0.5) is 0 Å². The van der Waals surface area contributed by atoms with Gasteiger partial charge in [0.25, 0.3) is 5.91 Å². The molecule has 2 saturated carbocycles. The van der Waals surface area contributed by atoms with Gasteiger partial charge in [0.05, 0.1) is 39.3 Å². The molecule has 2 bridgehead atoms. The third-order valence-electron chi connectivity index (χ3n) is 6.29. The van der Waals surface area contributed by atoms with Crippen molar-refractivity contribution in [1.29, 1.82) is 0 Å². The van der Waals surface area contributed by atoms with Crippen molar-refractivity contribution in [3.63, 3.8) is 0 Å². The molecule has 1 aromatic rings. The van der Waals surface area contributed by atoms with Gasteiger partial charge in [-0.25, -0.2) is 0 Å². The highest BCUT2D eigenvalue weighted by molar-refractivity contribution is 5.94. The first-order valence-electron chi connectivity index (χ1n) is 9.02. The Bertz CT molecular complexity index is 563. The van der Waals surface area contributed by atoms with Gasteiger partial charge in [-0.05, 0) is 49.4 Å². The molecule has 3 aliphatic rings. The summed E-state index contributed by atoms with van der Waals surface area (Å²) in [5.74, 6) is 2.95. The van der Waals surface area contributed by atoms with E-state index >= 15 is 0 Å². The van der Waals surface area contributed by atoms with E-state index in [1.54, 1.807) is 12.0 Å². The molecule has 1 aromatic carbocycles. The Balaban J connectivity index is 1.34. The fourth-order valence-electron chi connectivity index (χ4n) is 5.03. The van der Waals surface area contributed by atoms with Crippen molar-refractivity contribution < 1.29 is 14.4 Å². The predicted molar refractivity (Wildman–Crippen MR) is 88.8 cm³/mol. The summed E-state index contributed by atoms with van der Waals surface area (Å²) in [6, 6.07) is 8.35. The number of piperazine rings is 1. The summed E-state index contributed by atoms with van der Waals surface area (Å²) in [5, 5.41) is 0. The molecule has 1 heterocycles. The summed E-state index contributed by atoms with van der Waals surface area (Å²) < 4.78 is 5.16. The average Bonchev–Trinajstić information content (AvgIpc) is 3.25. The molecule has 1 N–H and O–H groups in total. The summed E-state index contributed by atoms with van der Waals surface area (Å²) in [6.45, 7) is 4.04. The van der Waals surface area contributed by atoms with Crippen molar-refractivity contribution in [2.24, 2.45) is 11.8 Å². The molecule has 4 rings (SSSR count). The highest BCUT2D eigenvalue weighted by Gasteiger charge is 2.45. The lowest BCUT2D eigenvalue weighted by molar-refractivity contribution is -0.932. The number of rotatable bonds is 3. The van der Waals surface area contributed by atoms with Gasteiger partial charge in [0.2, 0.25) is 0 Å². The molecule has 0 radical (unpaired) electrons. The standard InChI is InChI=1S/C19H26N2O2/c1-23-17-6-4-15(5-7-17)19(22)21-10-8-20(9-11-21)18-13-14-2-3-16(18)12-14/h4-7,14,16,18H,2-3,8-13H2,1H3/p+1/t14-,16+,18+/m0/s1. The molecule has 4 heteroatoms. The van der Waals surface area contributed by atoms with E-state index in [2.05, 4.69) is 0 Å². The maximum absolute atomic E-state index is 12.6. The molecule has 124 valence electrons. The van der Waals surface area contributed by atoms with E-state index < -0.39 is 0 Å². The Labute approximate surface area is 138 Å². The molecule has 1 aliphatic heterocycles. The van der Waals surface area contributed by atoms with Crippen LogP contribution in [-0.4, -0.2) is 50.1 Å². The third-order valence-corrected chi connectivity index (χ3v) is 6.29. The van der Waals surface area contributed by atoms with Crippen LogP contribution in [-0.2, 0) is 0 Å². The van der Waals surface area contributed by atoms with Crippen LogP contribution in [0, 0.1) is 11.8 Å². The number of benzene rings is 1. The zero-order valence-electron chi connectivity index (χ0n) is 14.0. The summed E-state index contributed by atoms with van der Waals surface area (Å²) >= 11 is 0. The lowest BCUT2D eigenvalue weighted by Gasteiger charge is -2.38. The number of quaternary nitrogens is 1. The molecule has 0 aromatic heterocycles. The minimum absolute atomic E-state index is 0.166. The molecule has 1 amide bonds. The number of amides is 1. The van der Waals surface area contributed by atoms with Crippen molar-refractivity contribution in [2.45, 2.75) is 31.7 Å². The van der Waals surface area contributed by atoms with Crippen molar-refractivity contribution in [3.8, 4) is 5.75 Å². The topological polar surface area (TPSA) is 34.0 Å². The van der Waals surface area contributed by atoms with Gasteiger partial charge in [-0.3, -0.25) is 4.79 Å². The maximum atomic E-state index is 12.6. The quantitative estimate of drug-likeness (QED) is 0.910. The van der Waals surface area contributed by atoms with E-state index in [1.807, 2.05) is 29.2 Å². The molecular weight excluding hydrogens is 288 g/mol. The van der Waals surface area contributed by atoms with Crippen LogP contribution in [0.1, 0.15) is 36.0 Å². The van der Waals surface area contributed by atoms with Crippen molar-refractivity contribution >= 4 is 5.91 Å². The van der Waals surface area contributed by atoms with Gasteiger partial charge < -0.3 is 14.5 Å². The Morgan fingerprint density at radius 2 is 1.87 bits per heavy atom. The van der Waals surface area contributed by atoms with Gasteiger partial charge in [0, 0.05) is 17.9 Å². The minimum atomic E-state index is 0.166. The Hall–Kier alpha value is -1.55. The van der Waals surface area contributed by atoms with Crippen molar-refractivity contribution in [3.05, 3.63) is 29.8 Å². The van der Waals surface area contributed by atoms with Gasteiger partial charge in [0.1, 0.15) is 5.75 Å². The fraction of sp³-hybridized carbons (Fsp3) is 0.632. The molecule has 23 heavy (non-hydrogen) atoms. The summed E-state index contributed by atoms with van der Waals surface area (Å²) in [4.78, 5) is 16.4. The lowest BCUT2D eigenvalue weighted by Crippen LogP contribution is -3.18. The van der Waals surface area contributed by atoms with Gasteiger partial charge in [0.15, 0.2) is 0 Å². The smallest absolute Gasteiger partial charge is 0.254 e. The largest absolute Gasteiger partial charge is 0.497 e. The molecule has 3 fully saturated rings. The van der Waals surface area contributed by atoms with E-state index in [1.165, 1.54) is 25.7 Å². The highest BCUT2D eigenvalue weighted by atomic mass is 16.5. The highest BCUT2D eigenvalue weighted by Crippen LogP contribution is 2.43. The lowest BCUT2D eigenvalue weighted by atomic mass is 9.93. The molecule has 0 unspecified atom stereocenters. The number of methoxy groups -OCH3 is 1. The normalized spacial score (nSPS) is 30.7. The van der Waals surface area contributed by atoms with Gasteiger partial charge in [-0.2, -0.15) is 0 Å². The summed E-state index contributed by atoms with van der Waals surface area (Å²) in [5.41, 5.74) is 0.772. The van der Waals surface area contributed by atoms with Crippen LogP contribution in [0.15, 0.2) is 24.3 Å². The third kappa shape index (κ3) is 2.85. The Morgan fingerprint density at radius 1 is 1.13 bits per heavy atom.